The molecule has 2 aromatic carbocycles. The Morgan fingerprint density at radius 2 is 2.16 bits per heavy atom. The van der Waals surface area contributed by atoms with E-state index in [0.717, 1.165) is 24.4 Å². The molecular weight excluding hydrogens is 411 g/mol. The van der Waals surface area contributed by atoms with Crippen molar-refractivity contribution in [1.82, 2.24) is 5.32 Å². The summed E-state index contributed by atoms with van der Waals surface area (Å²) in [4.78, 5) is 14.5. The Labute approximate surface area is 159 Å². The topological polar surface area (TPSA) is 41.6 Å². The fourth-order valence-electron chi connectivity index (χ4n) is 2.94. The molecule has 1 aliphatic heterocycles. The summed E-state index contributed by atoms with van der Waals surface area (Å²) in [5, 5.41) is 3.52. The van der Waals surface area contributed by atoms with Gasteiger partial charge in [-0.05, 0) is 42.8 Å². The standard InChI is InChI=1S/C18H17BrClFN2O2/c1-25-17-5-3-12(20)9-16(17)23-7-6-13(10-23)22-18(24)14-8-11(19)2-4-15(14)21/h2-5,8-9,13H,6-7,10H2,1H3,(H,22,24). The van der Waals surface area contributed by atoms with E-state index in [2.05, 4.69) is 26.1 Å². The van der Waals surface area contributed by atoms with Gasteiger partial charge in [0, 0.05) is 28.6 Å². The SMILES string of the molecule is COc1ccc(Cl)cc1N1CCC(NC(=O)c2cc(Br)ccc2F)C1. The first kappa shape index (κ1) is 18.0. The van der Waals surface area contributed by atoms with Crippen LogP contribution in [0.5, 0.6) is 5.75 Å². The number of halogens is 3. The van der Waals surface area contributed by atoms with Crippen molar-refractivity contribution in [1.29, 1.82) is 0 Å². The molecular formula is C18H17BrClFN2O2. The van der Waals surface area contributed by atoms with Crippen molar-refractivity contribution in [2.24, 2.45) is 0 Å². The van der Waals surface area contributed by atoms with E-state index >= 15 is 0 Å². The van der Waals surface area contributed by atoms with Crippen LogP contribution in [0, 0.1) is 5.82 Å². The second-order valence-electron chi connectivity index (χ2n) is 5.85. The minimum atomic E-state index is -0.535. The van der Waals surface area contributed by atoms with Gasteiger partial charge >= 0.3 is 0 Å². The maximum Gasteiger partial charge on any atom is 0.254 e. The molecule has 0 bridgehead atoms. The van der Waals surface area contributed by atoms with Crippen LogP contribution in [0.1, 0.15) is 16.8 Å². The number of anilines is 1. The lowest BCUT2D eigenvalue weighted by molar-refractivity contribution is 0.0936. The Balaban J connectivity index is 1.70. The number of hydrogen-bond donors (Lipinski definition) is 1. The Bertz CT molecular complexity index is 803. The third-order valence-corrected chi connectivity index (χ3v) is 4.91. The van der Waals surface area contributed by atoms with E-state index < -0.39 is 11.7 Å². The summed E-state index contributed by atoms with van der Waals surface area (Å²) >= 11 is 9.35. The largest absolute Gasteiger partial charge is 0.495 e. The fourth-order valence-corrected chi connectivity index (χ4v) is 3.47. The minimum absolute atomic E-state index is 0.0353. The summed E-state index contributed by atoms with van der Waals surface area (Å²) in [5.74, 6) is -0.217. The minimum Gasteiger partial charge on any atom is -0.495 e. The third-order valence-electron chi connectivity index (χ3n) is 4.18. The number of nitrogens with one attached hydrogen (secondary N) is 1. The maximum absolute atomic E-state index is 13.9. The predicted octanol–water partition coefficient (Wildman–Crippen LogP) is 4.26. The number of carbonyl (C=O) groups is 1. The van der Waals surface area contributed by atoms with Gasteiger partial charge in [0.1, 0.15) is 11.6 Å². The van der Waals surface area contributed by atoms with E-state index in [9.17, 15) is 9.18 Å². The quantitative estimate of drug-likeness (QED) is 0.793. The molecule has 2 aromatic rings. The number of rotatable bonds is 4. The summed E-state index contributed by atoms with van der Waals surface area (Å²) in [6.07, 6.45) is 0.761. The van der Waals surface area contributed by atoms with Crippen LogP contribution in [0.4, 0.5) is 10.1 Å². The van der Waals surface area contributed by atoms with E-state index in [4.69, 9.17) is 16.3 Å². The zero-order chi connectivity index (χ0) is 18.0. The lowest BCUT2D eigenvalue weighted by Gasteiger charge is -2.22. The molecule has 1 saturated heterocycles. The second kappa shape index (κ2) is 7.62. The molecule has 0 aromatic heterocycles. The average molecular weight is 428 g/mol. The third kappa shape index (κ3) is 4.07. The summed E-state index contributed by atoms with van der Waals surface area (Å²) in [5.41, 5.74) is 0.925. The highest BCUT2D eigenvalue weighted by atomic mass is 79.9. The normalized spacial score (nSPS) is 16.8. The zero-order valence-corrected chi connectivity index (χ0v) is 15.9. The van der Waals surface area contributed by atoms with Gasteiger partial charge in [0.25, 0.3) is 5.91 Å². The summed E-state index contributed by atoms with van der Waals surface area (Å²) in [7, 11) is 1.61. The van der Waals surface area contributed by atoms with Crippen LogP contribution >= 0.6 is 27.5 Å². The van der Waals surface area contributed by atoms with Crippen LogP contribution in [0.15, 0.2) is 40.9 Å². The van der Waals surface area contributed by atoms with Crippen LogP contribution < -0.4 is 15.0 Å². The first-order chi connectivity index (χ1) is 12.0. The van der Waals surface area contributed by atoms with Gasteiger partial charge in [0.2, 0.25) is 0 Å². The van der Waals surface area contributed by atoms with Crippen LogP contribution in [-0.4, -0.2) is 32.1 Å². The van der Waals surface area contributed by atoms with Crippen molar-refractivity contribution in [3.63, 3.8) is 0 Å². The van der Waals surface area contributed by atoms with Crippen LogP contribution in [0.3, 0.4) is 0 Å². The molecule has 0 aliphatic carbocycles. The number of benzene rings is 2. The lowest BCUT2D eigenvalue weighted by atomic mass is 10.1. The Morgan fingerprint density at radius 3 is 2.92 bits per heavy atom. The fraction of sp³-hybridized carbons (Fsp3) is 0.278. The number of hydrogen-bond acceptors (Lipinski definition) is 3. The van der Waals surface area contributed by atoms with E-state index in [1.165, 1.54) is 12.1 Å². The van der Waals surface area contributed by atoms with Gasteiger partial charge in [-0.25, -0.2) is 4.39 Å². The van der Waals surface area contributed by atoms with Gasteiger partial charge in [0.05, 0.1) is 18.4 Å². The predicted molar refractivity (Wildman–Crippen MR) is 100 cm³/mol. The van der Waals surface area contributed by atoms with Crippen molar-refractivity contribution < 1.29 is 13.9 Å². The molecule has 3 rings (SSSR count). The van der Waals surface area contributed by atoms with Crippen molar-refractivity contribution in [3.05, 3.63) is 57.3 Å². The Morgan fingerprint density at radius 1 is 1.36 bits per heavy atom. The zero-order valence-electron chi connectivity index (χ0n) is 13.6. The second-order valence-corrected chi connectivity index (χ2v) is 7.20. The van der Waals surface area contributed by atoms with Crippen LogP contribution in [0.2, 0.25) is 5.02 Å². The molecule has 1 aliphatic rings. The Hall–Kier alpha value is -1.79. The number of carbonyl (C=O) groups excluding carboxylic acids is 1. The lowest BCUT2D eigenvalue weighted by Crippen LogP contribution is -2.37. The monoisotopic (exact) mass is 426 g/mol. The van der Waals surface area contributed by atoms with Crippen molar-refractivity contribution in [2.45, 2.75) is 12.5 Å². The van der Waals surface area contributed by atoms with Crippen LogP contribution in [0.25, 0.3) is 0 Å². The molecule has 0 spiro atoms. The number of nitrogens with zero attached hydrogens (tertiary/aromatic N) is 1. The molecule has 1 heterocycles. The van der Waals surface area contributed by atoms with E-state index in [0.29, 0.717) is 16.0 Å². The summed E-state index contributed by atoms with van der Waals surface area (Å²) in [6, 6.07) is 9.69. The van der Waals surface area contributed by atoms with E-state index in [1.54, 1.807) is 19.2 Å². The first-order valence-corrected chi connectivity index (χ1v) is 8.99. The van der Waals surface area contributed by atoms with Gasteiger partial charge in [-0.15, -0.1) is 0 Å². The van der Waals surface area contributed by atoms with E-state index in [-0.39, 0.29) is 11.6 Å². The van der Waals surface area contributed by atoms with Gasteiger partial charge < -0.3 is 15.0 Å². The highest BCUT2D eigenvalue weighted by molar-refractivity contribution is 9.10. The Kier molecular flexibility index (Phi) is 5.49. The summed E-state index contributed by atoms with van der Waals surface area (Å²) in [6.45, 7) is 1.36. The molecule has 25 heavy (non-hydrogen) atoms. The van der Waals surface area contributed by atoms with Gasteiger partial charge in [-0.3, -0.25) is 4.79 Å². The van der Waals surface area contributed by atoms with Crippen molar-refractivity contribution in [3.8, 4) is 5.75 Å². The molecule has 4 nitrogen and oxygen atoms in total. The molecule has 7 heteroatoms. The highest BCUT2D eigenvalue weighted by Crippen LogP contribution is 2.33. The molecule has 132 valence electrons. The summed E-state index contributed by atoms with van der Waals surface area (Å²) < 4.78 is 19.9. The van der Waals surface area contributed by atoms with E-state index in [1.807, 2.05) is 12.1 Å². The van der Waals surface area contributed by atoms with Gasteiger partial charge in [0.15, 0.2) is 0 Å². The molecule has 1 N–H and O–H groups in total. The molecule has 1 unspecified atom stereocenters. The molecule has 0 radical (unpaired) electrons. The molecule has 1 fully saturated rings. The first-order valence-electron chi connectivity index (χ1n) is 7.82. The number of methoxy groups -OCH3 is 1. The smallest absolute Gasteiger partial charge is 0.254 e. The molecule has 1 atom stereocenters. The maximum atomic E-state index is 13.9. The van der Waals surface area contributed by atoms with Crippen LogP contribution in [-0.2, 0) is 0 Å². The molecule has 1 amide bonds. The number of amides is 1. The highest BCUT2D eigenvalue weighted by Gasteiger charge is 2.27. The number of ether oxygens (including phenoxy) is 1. The van der Waals surface area contributed by atoms with Gasteiger partial charge in [-0.1, -0.05) is 27.5 Å². The van der Waals surface area contributed by atoms with Crippen molar-refractivity contribution >= 4 is 39.1 Å². The van der Waals surface area contributed by atoms with Gasteiger partial charge in [-0.2, -0.15) is 0 Å². The average Bonchev–Trinajstić information content (AvgIpc) is 3.05. The molecule has 0 saturated carbocycles. The van der Waals surface area contributed by atoms with Crippen molar-refractivity contribution in [2.75, 3.05) is 25.1 Å².